The van der Waals surface area contributed by atoms with Gasteiger partial charge < -0.3 is 5.11 Å². The summed E-state index contributed by atoms with van der Waals surface area (Å²) in [5.74, 6) is 0. The maximum Gasteiger partial charge on any atom is 0.0948 e. The van der Waals surface area contributed by atoms with Gasteiger partial charge in [-0.2, -0.15) is 0 Å². The highest BCUT2D eigenvalue weighted by atomic mass is 32.1. The van der Waals surface area contributed by atoms with Crippen molar-refractivity contribution < 1.29 is 5.11 Å². The molecular formula is C14H17NOS. The van der Waals surface area contributed by atoms with E-state index in [9.17, 15) is 5.11 Å². The molecule has 0 atom stereocenters. The minimum Gasteiger partial charge on any atom is -0.385 e. The molecule has 2 rings (SSSR count). The second-order valence-corrected chi connectivity index (χ2v) is 5.78. The molecule has 0 unspecified atom stereocenters. The van der Waals surface area contributed by atoms with E-state index in [-0.39, 0.29) is 0 Å². The van der Waals surface area contributed by atoms with Gasteiger partial charge in [-0.25, -0.2) is 4.98 Å². The lowest BCUT2D eigenvalue weighted by molar-refractivity contribution is 0.0823. The predicted octanol–water partition coefficient (Wildman–Crippen LogP) is 3.16. The molecular weight excluding hydrogens is 230 g/mol. The molecule has 1 N–H and O–H groups in total. The van der Waals surface area contributed by atoms with Crippen molar-refractivity contribution in [2.24, 2.45) is 0 Å². The Hall–Kier alpha value is -1.19. The molecule has 0 saturated heterocycles. The van der Waals surface area contributed by atoms with Gasteiger partial charge in [0.05, 0.1) is 15.5 Å². The van der Waals surface area contributed by atoms with Crippen molar-refractivity contribution in [2.75, 3.05) is 0 Å². The highest BCUT2D eigenvalue weighted by Crippen LogP contribution is 2.26. The van der Waals surface area contributed by atoms with Crippen LogP contribution in [0.4, 0.5) is 0 Å². The summed E-state index contributed by atoms with van der Waals surface area (Å²) in [6, 6.07) is 10.4. The molecule has 0 saturated carbocycles. The number of thiazole rings is 1. The van der Waals surface area contributed by atoms with Gasteiger partial charge >= 0.3 is 0 Å². The van der Waals surface area contributed by atoms with Crippen LogP contribution in [-0.2, 0) is 18.4 Å². The molecule has 1 heterocycles. The molecule has 0 aliphatic heterocycles. The van der Waals surface area contributed by atoms with E-state index < -0.39 is 5.60 Å². The summed E-state index contributed by atoms with van der Waals surface area (Å²) in [5.41, 5.74) is 0.551. The molecule has 2 nitrogen and oxygen atoms in total. The van der Waals surface area contributed by atoms with Crippen LogP contribution in [0.1, 0.15) is 29.3 Å². The van der Waals surface area contributed by atoms with Crippen LogP contribution >= 0.6 is 11.3 Å². The first-order valence-electron chi connectivity index (χ1n) is 5.77. The van der Waals surface area contributed by atoms with E-state index in [1.54, 1.807) is 31.4 Å². The Morgan fingerprint density at radius 2 is 1.88 bits per heavy atom. The Morgan fingerprint density at radius 1 is 1.18 bits per heavy atom. The van der Waals surface area contributed by atoms with Crippen LogP contribution in [0.15, 0.2) is 36.5 Å². The standard InChI is InChI=1S/C14H17NOS/c1-14(2,16)12-10-15-13(17-12)9-8-11-6-4-3-5-7-11/h3-7,10,16H,8-9H2,1-2H3. The van der Waals surface area contributed by atoms with Crippen LogP contribution < -0.4 is 0 Å². The first-order valence-corrected chi connectivity index (χ1v) is 6.59. The van der Waals surface area contributed by atoms with Gasteiger partial charge in [0.15, 0.2) is 0 Å². The zero-order valence-corrected chi connectivity index (χ0v) is 11.0. The molecule has 0 amide bonds. The number of benzene rings is 1. The lowest BCUT2D eigenvalue weighted by Gasteiger charge is -2.13. The van der Waals surface area contributed by atoms with Crippen LogP contribution in [0.2, 0.25) is 0 Å². The van der Waals surface area contributed by atoms with E-state index in [2.05, 4.69) is 29.2 Å². The second kappa shape index (κ2) is 4.98. The maximum absolute atomic E-state index is 9.86. The van der Waals surface area contributed by atoms with Crippen molar-refractivity contribution in [2.45, 2.75) is 32.3 Å². The van der Waals surface area contributed by atoms with E-state index >= 15 is 0 Å². The van der Waals surface area contributed by atoms with E-state index in [4.69, 9.17) is 0 Å². The normalized spacial score (nSPS) is 11.7. The van der Waals surface area contributed by atoms with E-state index in [1.165, 1.54) is 5.56 Å². The van der Waals surface area contributed by atoms with Gasteiger partial charge in [0.2, 0.25) is 0 Å². The highest BCUT2D eigenvalue weighted by Gasteiger charge is 2.18. The van der Waals surface area contributed by atoms with Gasteiger partial charge in [-0.15, -0.1) is 11.3 Å². The molecule has 0 fully saturated rings. The van der Waals surface area contributed by atoms with Gasteiger partial charge in [0, 0.05) is 12.6 Å². The first kappa shape index (κ1) is 12.3. The Labute approximate surface area is 106 Å². The van der Waals surface area contributed by atoms with E-state index in [0.717, 1.165) is 22.7 Å². The van der Waals surface area contributed by atoms with Crippen molar-refractivity contribution in [1.29, 1.82) is 0 Å². The lowest BCUT2D eigenvalue weighted by Crippen LogP contribution is -2.12. The average molecular weight is 247 g/mol. The van der Waals surface area contributed by atoms with Crippen LogP contribution in [-0.4, -0.2) is 10.1 Å². The minimum atomic E-state index is -0.775. The summed E-state index contributed by atoms with van der Waals surface area (Å²) in [5, 5.41) is 10.9. The number of aryl methyl sites for hydroxylation is 2. The van der Waals surface area contributed by atoms with Crippen LogP contribution in [0, 0.1) is 0 Å². The van der Waals surface area contributed by atoms with Crippen molar-refractivity contribution in [3.63, 3.8) is 0 Å². The monoisotopic (exact) mass is 247 g/mol. The van der Waals surface area contributed by atoms with Gasteiger partial charge in [0.25, 0.3) is 0 Å². The molecule has 3 heteroatoms. The van der Waals surface area contributed by atoms with Gasteiger partial charge in [-0.05, 0) is 25.8 Å². The third kappa shape index (κ3) is 3.38. The number of nitrogens with zero attached hydrogens (tertiary/aromatic N) is 1. The zero-order valence-electron chi connectivity index (χ0n) is 10.2. The van der Waals surface area contributed by atoms with Crippen molar-refractivity contribution in [3.8, 4) is 0 Å². The number of rotatable bonds is 4. The summed E-state index contributed by atoms with van der Waals surface area (Å²) in [7, 11) is 0. The molecule has 2 aromatic rings. The molecule has 1 aromatic carbocycles. The van der Waals surface area contributed by atoms with Gasteiger partial charge in [-0.1, -0.05) is 30.3 Å². The fourth-order valence-corrected chi connectivity index (χ4v) is 2.52. The quantitative estimate of drug-likeness (QED) is 0.900. The molecule has 1 aromatic heterocycles. The average Bonchev–Trinajstić information content (AvgIpc) is 2.76. The summed E-state index contributed by atoms with van der Waals surface area (Å²) in [4.78, 5) is 5.29. The number of aliphatic hydroxyl groups is 1. The summed E-state index contributed by atoms with van der Waals surface area (Å²) >= 11 is 1.60. The molecule has 90 valence electrons. The number of hydrogen-bond acceptors (Lipinski definition) is 3. The van der Waals surface area contributed by atoms with Gasteiger partial charge in [0.1, 0.15) is 0 Å². The first-order chi connectivity index (χ1) is 8.05. The van der Waals surface area contributed by atoms with Crippen molar-refractivity contribution in [3.05, 3.63) is 52.0 Å². The number of aromatic nitrogens is 1. The second-order valence-electron chi connectivity index (χ2n) is 4.66. The Balaban J connectivity index is 1.99. The molecule has 17 heavy (non-hydrogen) atoms. The molecule has 0 spiro atoms. The SMILES string of the molecule is CC(C)(O)c1cnc(CCc2ccccc2)s1. The smallest absolute Gasteiger partial charge is 0.0948 e. The third-order valence-electron chi connectivity index (χ3n) is 2.63. The minimum absolute atomic E-state index is 0.775. The van der Waals surface area contributed by atoms with E-state index in [0.29, 0.717) is 0 Å². The van der Waals surface area contributed by atoms with Crippen LogP contribution in [0.5, 0.6) is 0 Å². The number of hydrogen-bond donors (Lipinski definition) is 1. The van der Waals surface area contributed by atoms with Gasteiger partial charge in [-0.3, -0.25) is 0 Å². The molecule has 0 aliphatic rings. The van der Waals surface area contributed by atoms with Crippen molar-refractivity contribution >= 4 is 11.3 Å². The Bertz CT molecular complexity index is 470. The molecule has 0 bridgehead atoms. The fourth-order valence-electron chi connectivity index (χ4n) is 1.60. The third-order valence-corrected chi connectivity index (χ3v) is 4.00. The summed E-state index contributed by atoms with van der Waals surface area (Å²) < 4.78 is 0. The molecule has 0 radical (unpaired) electrons. The maximum atomic E-state index is 9.86. The molecule has 0 aliphatic carbocycles. The van der Waals surface area contributed by atoms with E-state index in [1.807, 2.05) is 6.07 Å². The largest absolute Gasteiger partial charge is 0.385 e. The summed E-state index contributed by atoms with van der Waals surface area (Å²) in [6.07, 6.45) is 3.72. The summed E-state index contributed by atoms with van der Waals surface area (Å²) in [6.45, 7) is 3.59. The highest BCUT2D eigenvalue weighted by molar-refractivity contribution is 7.11. The predicted molar refractivity (Wildman–Crippen MR) is 71.2 cm³/mol. The lowest BCUT2D eigenvalue weighted by atomic mass is 10.1. The van der Waals surface area contributed by atoms with Crippen LogP contribution in [0.3, 0.4) is 0 Å². The topological polar surface area (TPSA) is 33.1 Å². The Kier molecular flexibility index (Phi) is 3.60. The van der Waals surface area contributed by atoms with Crippen LogP contribution in [0.25, 0.3) is 0 Å². The zero-order chi connectivity index (χ0) is 12.3. The fraction of sp³-hybridized carbons (Fsp3) is 0.357. The van der Waals surface area contributed by atoms with Crippen molar-refractivity contribution in [1.82, 2.24) is 4.98 Å². The Morgan fingerprint density at radius 3 is 2.47 bits per heavy atom.